The first-order valence-electron chi connectivity index (χ1n) is 6.60. The molecule has 0 atom stereocenters. The number of nitrogens with one attached hydrogen (secondary N) is 1. The third-order valence-electron chi connectivity index (χ3n) is 2.92. The van der Waals surface area contributed by atoms with E-state index in [1.807, 2.05) is 12.1 Å². The van der Waals surface area contributed by atoms with Crippen molar-refractivity contribution in [2.75, 3.05) is 6.54 Å². The lowest BCUT2D eigenvalue weighted by Crippen LogP contribution is -2.26. The SMILES string of the molecule is Cc1cc(CC(=O)NCCCc2ccc(O)cc2)no1. The van der Waals surface area contributed by atoms with Gasteiger partial charge in [0.1, 0.15) is 11.5 Å². The molecule has 1 aromatic heterocycles. The van der Waals surface area contributed by atoms with E-state index in [4.69, 9.17) is 4.52 Å². The second kappa shape index (κ2) is 6.75. The molecular formula is C15H18N2O3. The van der Waals surface area contributed by atoms with Gasteiger partial charge in [-0.05, 0) is 37.5 Å². The van der Waals surface area contributed by atoms with Gasteiger partial charge in [0.15, 0.2) is 0 Å². The molecule has 2 N–H and O–H groups in total. The van der Waals surface area contributed by atoms with Gasteiger partial charge in [-0.1, -0.05) is 17.3 Å². The van der Waals surface area contributed by atoms with E-state index in [1.165, 1.54) is 0 Å². The Morgan fingerprint density at radius 1 is 1.35 bits per heavy atom. The van der Waals surface area contributed by atoms with Crippen molar-refractivity contribution in [3.63, 3.8) is 0 Å². The van der Waals surface area contributed by atoms with E-state index in [0.29, 0.717) is 18.0 Å². The summed E-state index contributed by atoms with van der Waals surface area (Å²) in [6.45, 7) is 2.42. The number of carbonyl (C=O) groups excluding carboxylic acids is 1. The zero-order valence-corrected chi connectivity index (χ0v) is 11.4. The smallest absolute Gasteiger partial charge is 0.226 e. The van der Waals surface area contributed by atoms with Crippen LogP contribution in [0.1, 0.15) is 23.4 Å². The average Bonchev–Trinajstić information content (AvgIpc) is 2.82. The zero-order valence-electron chi connectivity index (χ0n) is 11.4. The number of phenols is 1. The van der Waals surface area contributed by atoms with E-state index < -0.39 is 0 Å². The first-order chi connectivity index (χ1) is 9.63. The van der Waals surface area contributed by atoms with E-state index in [9.17, 15) is 9.90 Å². The lowest BCUT2D eigenvalue weighted by molar-refractivity contribution is -0.120. The standard InChI is InChI=1S/C15H18N2O3/c1-11-9-13(17-20-11)10-15(19)16-8-2-3-12-4-6-14(18)7-5-12/h4-7,9,18H,2-3,8,10H2,1H3,(H,16,19). The number of aromatic nitrogens is 1. The Morgan fingerprint density at radius 3 is 2.75 bits per heavy atom. The van der Waals surface area contributed by atoms with Gasteiger partial charge in [-0.25, -0.2) is 0 Å². The molecule has 0 saturated carbocycles. The minimum atomic E-state index is -0.0518. The highest BCUT2D eigenvalue weighted by Crippen LogP contribution is 2.10. The normalized spacial score (nSPS) is 10.4. The van der Waals surface area contributed by atoms with Crippen LogP contribution in [0, 0.1) is 6.92 Å². The second-order valence-corrected chi connectivity index (χ2v) is 4.73. The summed E-state index contributed by atoms with van der Waals surface area (Å²) in [5.74, 6) is 0.925. The van der Waals surface area contributed by atoms with Crippen molar-refractivity contribution in [2.24, 2.45) is 0 Å². The van der Waals surface area contributed by atoms with E-state index >= 15 is 0 Å². The summed E-state index contributed by atoms with van der Waals surface area (Å²) in [7, 11) is 0. The van der Waals surface area contributed by atoms with Gasteiger partial charge in [0.25, 0.3) is 0 Å². The lowest BCUT2D eigenvalue weighted by atomic mass is 10.1. The van der Waals surface area contributed by atoms with Crippen molar-refractivity contribution in [3.8, 4) is 5.75 Å². The number of aryl methyl sites for hydroxylation is 2. The quantitative estimate of drug-likeness (QED) is 0.790. The lowest BCUT2D eigenvalue weighted by Gasteiger charge is -2.04. The zero-order chi connectivity index (χ0) is 14.4. The fourth-order valence-corrected chi connectivity index (χ4v) is 1.91. The molecule has 0 aliphatic rings. The molecule has 1 amide bonds. The highest BCUT2D eigenvalue weighted by molar-refractivity contribution is 5.77. The fraction of sp³-hybridized carbons (Fsp3) is 0.333. The van der Waals surface area contributed by atoms with Gasteiger partial charge in [-0.3, -0.25) is 4.79 Å². The third-order valence-corrected chi connectivity index (χ3v) is 2.92. The predicted octanol–water partition coefficient (Wildman–Crippen LogP) is 1.98. The highest BCUT2D eigenvalue weighted by Gasteiger charge is 2.06. The summed E-state index contributed by atoms with van der Waals surface area (Å²) in [5, 5.41) is 15.8. The molecule has 5 nitrogen and oxygen atoms in total. The predicted molar refractivity (Wildman–Crippen MR) is 74.4 cm³/mol. The molecule has 1 heterocycles. The van der Waals surface area contributed by atoms with Crippen LogP contribution in [0.3, 0.4) is 0 Å². The van der Waals surface area contributed by atoms with Crippen molar-refractivity contribution in [1.29, 1.82) is 0 Å². The van der Waals surface area contributed by atoms with Crippen molar-refractivity contribution in [1.82, 2.24) is 10.5 Å². The van der Waals surface area contributed by atoms with Gasteiger partial charge < -0.3 is 14.9 Å². The molecule has 1 aromatic carbocycles. The number of amides is 1. The minimum absolute atomic E-state index is 0.0518. The minimum Gasteiger partial charge on any atom is -0.508 e. The van der Waals surface area contributed by atoms with Crippen LogP contribution in [0.4, 0.5) is 0 Å². The summed E-state index contributed by atoms with van der Waals surface area (Å²) in [5.41, 5.74) is 1.79. The van der Waals surface area contributed by atoms with E-state index in [0.717, 1.165) is 18.4 Å². The maximum atomic E-state index is 11.7. The number of hydrogen-bond acceptors (Lipinski definition) is 4. The van der Waals surface area contributed by atoms with E-state index in [-0.39, 0.29) is 18.1 Å². The van der Waals surface area contributed by atoms with Crippen molar-refractivity contribution in [3.05, 3.63) is 47.3 Å². The molecule has 0 saturated heterocycles. The molecule has 0 fully saturated rings. The van der Waals surface area contributed by atoms with Gasteiger partial charge in [0, 0.05) is 12.6 Å². The summed E-state index contributed by atoms with van der Waals surface area (Å²) < 4.78 is 4.91. The highest BCUT2D eigenvalue weighted by atomic mass is 16.5. The van der Waals surface area contributed by atoms with Gasteiger partial charge in [0.05, 0.1) is 12.1 Å². The Labute approximate surface area is 117 Å². The van der Waals surface area contributed by atoms with Crippen LogP contribution in [0.2, 0.25) is 0 Å². The van der Waals surface area contributed by atoms with E-state index in [2.05, 4.69) is 10.5 Å². The molecule has 5 heteroatoms. The van der Waals surface area contributed by atoms with Crippen LogP contribution in [0.5, 0.6) is 5.75 Å². The summed E-state index contributed by atoms with van der Waals surface area (Å²) in [4.78, 5) is 11.7. The molecular weight excluding hydrogens is 256 g/mol. The Kier molecular flexibility index (Phi) is 4.76. The average molecular weight is 274 g/mol. The molecule has 2 rings (SSSR count). The van der Waals surface area contributed by atoms with Crippen LogP contribution in [0.25, 0.3) is 0 Å². The largest absolute Gasteiger partial charge is 0.508 e. The number of phenolic OH excluding ortho intramolecular Hbond substituents is 1. The van der Waals surface area contributed by atoms with Crippen LogP contribution >= 0.6 is 0 Å². The number of carbonyl (C=O) groups is 1. The summed E-state index contributed by atoms with van der Waals surface area (Å²) in [6, 6.07) is 8.86. The first-order valence-corrected chi connectivity index (χ1v) is 6.60. The Hall–Kier alpha value is -2.30. The molecule has 106 valence electrons. The van der Waals surface area contributed by atoms with E-state index in [1.54, 1.807) is 25.1 Å². The third kappa shape index (κ3) is 4.42. The van der Waals surface area contributed by atoms with Crippen LogP contribution < -0.4 is 5.32 Å². The van der Waals surface area contributed by atoms with Crippen LogP contribution in [-0.2, 0) is 17.6 Å². The van der Waals surface area contributed by atoms with Gasteiger partial charge >= 0.3 is 0 Å². The topological polar surface area (TPSA) is 75.4 Å². The Morgan fingerprint density at radius 2 is 2.10 bits per heavy atom. The molecule has 0 aliphatic heterocycles. The number of benzene rings is 1. The van der Waals surface area contributed by atoms with Crippen LogP contribution in [0.15, 0.2) is 34.9 Å². The molecule has 0 unspecified atom stereocenters. The van der Waals surface area contributed by atoms with Crippen molar-refractivity contribution in [2.45, 2.75) is 26.2 Å². The first kappa shape index (κ1) is 14.1. The second-order valence-electron chi connectivity index (χ2n) is 4.73. The molecule has 20 heavy (non-hydrogen) atoms. The number of aromatic hydroxyl groups is 1. The van der Waals surface area contributed by atoms with Gasteiger partial charge in [-0.2, -0.15) is 0 Å². The summed E-state index contributed by atoms with van der Waals surface area (Å²) >= 11 is 0. The number of rotatable bonds is 6. The monoisotopic (exact) mass is 274 g/mol. The Balaban J connectivity index is 1.65. The number of hydrogen-bond donors (Lipinski definition) is 2. The van der Waals surface area contributed by atoms with Gasteiger partial charge in [0.2, 0.25) is 5.91 Å². The molecule has 0 bridgehead atoms. The van der Waals surface area contributed by atoms with Gasteiger partial charge in [-0.15, -0.1) is 0 Å². The van der Waals surface area contributed by atoms with Crippen molar-refractivity contribution >= 4 is 5.91 Å². The molecule has 2 aromatic rings. The number of nitrogens with zero attached hydrogens (tertiary/aromatic N) is 1. The fourth-order valence-electron chi connectivity index (χ4n) is 1.91. The molecule has 0 radical (unpaired) electrons. The Bertz CT molecular complexity index is 561. The molecule has 0 aliphatic carbocycles. The maximum absolute atomic E-state index is 11.7. The van der Waals surface area contributed by atoms with Crippen LogP contribution in [-0.4, -0.2) is 22.7 Å². The van der Waals surface area contributed by atoms with Crippen molar-refractivity contribution < 1.29 is 14.4 Å². The summed E-state index contributed by atoms with van der Waals surface area (Å²) in [6.07, 6.45) is 1.97. The maximum Gasteiger partial charge on any atom is 0.226 e. The molecule has 0 spiro atoms.